The zero-order chi connectivity index (χ0) is 14.5. The Morgan fingerprint density at radius 3 is 3.00 bits per heavy atom. The summed E-state index contributed by atoms with van der Waals surface area (Å²) in [4.78, 5) is 15.1. The zero-order valence-electron chi connectivity index (χ0n) is 11.3. The van der Waals surface area contributed by atoms with Crippen LogP contribution in [0, 0.1) is 6.92 Å². The van der Waals surface area contributed by atoms with E-state index < -0.39 is 5.97 Å². The molecule has 0 aliphatic carbocycles. The van der Waals surface area contributed by atoms with Crippen LogP contribution in [-0.4, -0.2) is 39.6 Å². The molecule has 2 heterocycles. The molecular formula is C13H16N4O3. The van der Waals surface area contributed by atoms with Gasteiger partial charge in [-0.1, -0.05) is 0 Å². The number of hydrogen-bond donors (Lipinski definition) is 2. The molecule has 0 spiro atoms. The van der Waals surface area contributed by atoms with Crippen molar-refractivity contribution in [3.05, 3.63) is 35.9 Å². The standard InChI is InChI=1S/C13H16N4O3/c1-9-5-12(11(7-14-9)13(18)19)16-10-6-15-17(8-10)3-4-20-2/h5-8H,3-4H2,1-2H3,(H,14,16)(H,18,19). The van der Waals surface area contributed by atoms with E-state index >= 15 is 0 Å². The van der Waals surface area contributed by atoms with Crippen LogP contribution in [0.2, 0.25) is 0 Å². The summed E-state index contributed by atoms with van der Waals surface area (Å²) in [6.45, 7) is 3.01. The Balaban J connectivity index is 2.19. The average molecular weight is 276 g/mol. The van der Waals surface area contributed by atoms with Gasteiger partial charge >= 0.3 is 5.97 Å². The number of carboxylic acids is 1. The second kappa shape index (κ2) is 6.16. The molecule has 2 aromatic heterocycles. The second-order valence-electron chi connectivity index (χ2n) is 4.29. The molecule has 2 rings (SSSR count). The van der Waals surface area contributed by atoms with Gasteiger partial charge in [-0.2, -0.15) is 5.10 Å². The lowest BCUT2D eigenvalue weighted by atomic mass is 10.2. The zero-order valence-corrected chi connectivity index (χ0v) is 11.3. The van der Waals surface area contributed by atoms with Crippen molar-refractivity contribution in [3.8, 4) is 0 Å². The van der Waals surface area contributed by atoms with E-state index in [9.17, 15) is 4.79 Å². The highest BCUT2D eigenvalue weighted by atomic mass is 16.5. The maximum atomic E-state index is 11.2. The summed E-state index contributed by atoms with van der Waals surface area (Å²) in [5, 5.41) is 16.3. The van der Waals surface area contributed by atoms with Gasteiger partial charge in [-0.15, -0.1) is 0 Å². The highest BCUT2D eigenvalue weighted by Crippen LogP contribution is 2.21. The number of hydrogen-bond acceptors (Lipinski definition) is 5. The van der Waals surface area contributed by atoms with Gasteiger partial charge in [0.25, 0.3) is 0 Å². The Morgan fingerprint density at radius 1 is 1.50 bits per heavy atom. The van der Waals surface area contributed by atoms with Crippen molar-refractivity contribution in [3.63, 3.8) is 0 Å². The molecule has 7 nitrogen and oxygen atoms in total. The molecule has 2 N–H and O–H groups in total. The highest BCUT2D eigenvalue weighted by molar-refractivity contribution is 5.94. The number of pyridine rings is 1. The number of rotatable bonds is 6. The molecule has 0 aliphatic heterocycles. The quantitative estimate of drug-likeness (QED) is 0.834. The number of aryl methyl sites for hydroxylation is 1. The minimum Gasteiger partial charge on any atom is -0.478 e. The number of nitrogens with zero attached hydrogens (tertiary/aromatic N) is 3. The molecule has 0 bridgehead atoms. The molecule has 0 fully saturated rings. The van der Waals surface area contributed by atoms with Crippen molar-refractivity contribution >= 4 is 17.3 Å². The van der Waals surface area contributed by atoms with Crippen molar-refractivity contribution in [1.82, 2.24) is 14.8 Å². The Morgan fingerprint density at radius 2 is 2.30 bits per heavy atom. The van der Waals surface area contributed by atoms with E-state index in [1.165, 1.54) is 6.20 Å². The van der Waals surface area contributed by atoms with Crippen LogP contribution >= 0.6 is 0 Å². The third kappa shape index (κ3) is 3.33. The number of aromatic nitrogens is 3. The first-order valence-corrected chi connectivity index (χ1v) is 6.08. The van der Waals surface area contributed by atoms with Crippen molar-refractivity contribution in [1.29, 1.82) is 0 Å². The van der Waals surface area contributed by atoms with E-state index in [0.29, 0.717) is 24.5 Å². The molecule has 0 unspecified atom stereocenters. The molecular weight excluding hydrogens is 260 g/mol. The van der Waals surface area contributed by atoms with Crippen LogP contribution in [0.25, 0.3) is 0 Å². The molecule has 0 saturated carbocycles. The van der Waals surface area contributed by atoms with Gasteiger partial charge in [0.05, 0.1) is 30.7 Å². The monoisotopic (exact) mass is 276 g/mol. The predicted octanol–water partition coefficient (Wildman–Crippen LogP) is 1.67. The van der Waals surface area contributed by atoms with Crippen LogP contribution in [-0.2, 0) is 11.3 Å². The van der Waals surface area contributed by atoms with Crippen LogP contribution in [0.1, 0.15) is 16.1 Å². The van der Waals surface area contributed by atoms with E-state index in [2.05, 4.69) is 15.4 Å². The van der Waals surface area contributed by atoms with Crippen LogP contribution in [0.4, 0.5) is 11.4 Å². The summed E-state index contributed by atoms with van der Waals surface area (Å²) in [7, 11) is 1.63. The van der Waals surface area contributed by atoms with Crippen LogP contribution in [0.3, 0.4) is 0 Å². The predicted molar refractivity (Wildman–Crippen MR) is 73.3 cm³/mol. The summed E-state index contributed by atoms with van der Waals surface area (Å²) in [5.74, 6) is -1.02. The number of nitrogens with one attached hydrogen (secondary N) is 1. The fourth-order valence-corrected chi connectivity index (χ4v) is 1.72. The van der Waals surface area contributed by atoms with Gasteiger partial charge in [0, 0.05) is 25.2 Å². The fraction of sp³-hybridized carbons (Fsp3) is 0.308. The van der Waals surface area contributed by atoms with Crippen molar-refractivity contribution in [2.45, 2.75) is 13.5 Å². The van der Waals surface area contributed by atoms with Gasteiger partial charge in [-0.25, -0.2) is 4.79 Å². The number of anilines is 2. The van der Waals surface area contributed by atoms with E-state index in [4.69, 9.17) is 9.84 Å². The van der Waals surface area contributed by atoms with Gasteiger partial charge in [0.1, 0.15) is 5.56 Å². The first-order chi connectivity index (χ1) is 9.60. The number of aromatic carboxylic acids is 1. The Kier molecular flexibility index (Phi) is 4.31. The summed E-state index contributed by atoms with van der Waals surface area (Å²) < 4.78 is 6.69. The smallest absolute Gasteiger partial charge is 0.339 e. The molecule has 20 heavy (non-hydrogen) atoms. The van der Waals surface area contributed by atoms with Gasteiger partial charge < -0.3 is 15.2 Å². The summed E-state index contributed by atoms with van der Waals surface area (Å²) in [5.41, 5.74) is 2.08. The lowest BCUT2D eigenvalue weighted by Gasteiger charge is -2.08. The maximum Gasteiger partial charge on any atom is 0.339 e. The van der Waals surface area contributed by atoms with E-state index in [0.717, 1.165) is 5.69 Å². The molecule has 0 aromatic carbocycles. The molecule has 7 heteroatoms. The number of carboxylic acid groups (broad SMARTS) is 1. The summed E-state index contributed by atoms with van der Waals surface area (Å²) in [6.07, 6.45) is 4.77. The minimum absolute atomic E-state index is 0.125. The fourth-order valence-electron chi connectivity index (χ4n) is 1.72. The molecule has 0 amide bonds. The van der Waals surface area contributed by atoms with E-state index in [-0.39, 0.29) is 5.56 Å². The average Bonchev–Trinajstić information content (AvgIpc) is 2.83. The molecule has 0 aliphatic rings. The number of methoxy groups -OCH3 is 1. The van der Waals surface area contributed by atoms with Crippen molar-refractivity contribution in [2.75, 3.05) is 19.0 Å². The molecule has 106 valence electrons. The maximum absolute atomic E-state index is 11.2. The van der Waals surface area contributed by atoms with Crippen LogP contribution in [0.5, 0.6) is 0 Å². The summed E-state index contributed by atoms with van der Waals surface area (Å²) in [6, 6.07) is 1.69. The Bertz CT molecular complexity index is 609. The Labute approximate surface area is 116 Å². The van der Waals surface area contributed by atoms with E-state index in [1.54, 1.807) is 37.2 Å². The SMILES string of the molecule is COCCn1cc(Nc2cc(C)ncc2C(=O)O)cn1. The van der Waals surface area contributed by atoms with Gasteiger partial charge in [-0.05, 0) is 13.0 Å². The Hall–Kier alpha value is -2.41. The lowest BCUT2D eigenvalue weighted by Crippen LogP contribution is -2.05. The third-order valence-corrected chi connectivity index (χ3v) is 2.71. The molecule has 0 saturated heterocycles. The van der Waals surface area contributed by atoms with E-state index in [1.807, 2.05) is 0 Å². The summed E-state index contributed by atoms with van der Waals surface area (Å²) >= 11 is 0. The van der Waals surface area contributed by atoms with Crippen LogP contribution < -0.4 is 5.32 Å². The second-order valence-corrected chi connectivity index (χ2v) is 4.29. The van der Waals surface area contributed by atoms with Crippen molar-refractivity contribution in [2.24, 2.45) is 0 Å². The first kappa shape index (κ1) is 14.0. The topological polar surface area (TPSA) is 89.3 Å². The number of ether oxygens (including phenoxy) is 1. The largest absolute Gasteiger partial charge is 0.478 e. The highest BCUT2D eigenvalue weighted by Gasteiger charge is 2.11. The van der Waals surface area contributed by atoms with Crippen LogP contribution in [0.15, 0.2) is 24.7 Å². The number of carbonyl (C=O) groups is 1. The molecule has 0 radical (unpaired) electrons. The molecule has 2 aromatic rings. The van der Waals surface area contributed by atoms with Gasteiger partial charge in [0.2, 0.25) is 0 Å². The van der Waals surface area contributed by atoms with Gasteiger partial charge in [-0.3, -0.25) is 9.67 Å². The minimum atomic E-state index is -1.02. The van der Waals surface area contributed by atoms with Crippen molar-refractivity contribution < 1.29 is 14.6 Å². The van der Waals surface area contributed by atoms with Gasteiger partial charge in [0.15, 0.2) is 0 Å². The lowest BCUT2D eigenvalue weighted by molar-refractivity contribution is 0.0697. The molecule has 0 atom stereocenters. The normalized spacial score (nSPS) is 10.5. The first-order valence-electron chi connectivity index (χ1n) is 6.08. The third-order valence-electron chi connectivity index (χ3n) is 2.71.